The summed E-state index contributed by atoms with van der Waals surface area (Å²) in [7, 11) is 3.27. The SMILES string of the molecule is COc1ccc(C(c2sc3ncnn3c2O)N2CCC(C)CC2)cc1OC. The number of fused-ring (bicyclic) bond motifs is 1. The molecule has 3 heterocycles. The topological polar surface area (TPSA) is 72.1 Å². The van der Waals surface area contributed by atoms with E-state index in [1.807, 2.05) is 18.2 Å². The number of likely N-dealkylation sites (tertiary alicyclic amines) is 1. The molecule has 1 N–H and O–H groups in total. The second-order valence-corrected chi connectivity index (χ2v) is 7.99. The maximum Gasteiger partial charge on any atom is 0.230 e. The van der Waals surface area contributed by atoms with Crippen LogP contribution >= 0.6 is 11.3 Å². The zero-order valence-corrected chi connectivity index (χ0v) is 16.6. The molecular formula is C19H24N4O3S. The van der Waals surface area contributed by atoms with Gasteiger partial charge in [0.15, 0.2) is 11.5 Å². The minimum atomic E-state index is -0.0780. The predicted octanol–water partition coefficient (Wildman–Crippen LogP) is 3.33. The summed E-state index contributed by atoms with van der Waals surface area (Å²) < 4.78 is 12.4. The lowest BCUT2D eigenvalue weighted by Gasteiger charge is -2.36. The molecule has 1 aliphatic rings. The molecule has 1 atom stereocenters. The lowest BCUT2D eigenvalue weighted by Crippen LogP contribution is -2.36. The molecular weight excluding hydrogens is 364 g/mol. The molecule has 0 saturated carbocycles. The van der Waals surface area contributed by atoms with Gasteiger partial charge in [-0.05, 0) is 49.5 Å². The van der Waals surface area contributed by atoms with Gasteiger partial charge >= 0.3 is 0 Å². The molecule has 27 heavy (non-hydrogen) atoms. The van der Waals surface area contributed by atoms with Crippen LogP contribution in [0.5, 0.6) is 17.4 Å². The van der Waals surface area contributed by atoms with Crippen molar-refractivity contribution in [3.05, 3.63) is 35.0 Å². The molecule has 8 heteroatoms. The first-order chi connectivity index (χ1) is 13.1. The molecule has 0 bridgehead atoms. The summed E-state index contributed by atoms with van der Waals surface area (Å²) in [4.78, 5) is 8.21. The molecule has 1 aliphatic heterocycles. The van der Waals surface area contributed by atoms with Crippen molar-refractivity contribution < 1.29 is 14.6 Å². The Morgan fingerprint density at radius 2 is 1.93 bits per heavy atom. The van der Waals surface area contributed by atoms with Gasteiger partial charge in [0.05, 0.1) is 25.1 Å². The number of ether oxygens (including phenoxy) is 2. The lowest BCUT2D eigenvalue weighted by molar-refractivity contribution is 0.157. The van der Waals surface area contributed by atoms with Gasteiger partial charge in [-0.15, -0.1) is 0 Å². The molecule has 1 aromatic carbocycles. The minimum Gasteiger partial charge on any atom is -0.493 e. The summed E-state index contributed by atoms with van der Waals surface area (Å²) in [6.45, 7) is 4.25. The molecule has 1 saturated heterocycles. The third-order valence-electron chi connectivity index (χ3n) is 5.29. The molecule has 0 aliphatic carbocycles. The molecule has 1 fully saturated rings. The van der Waals surface area contributed by atoms with Gasteiger partial charge in [0.1, 0.15) is 6.33 Å². The van der Waals surface area contributed by atoms with Crippen LogP contribution in [0, 0.1) is 5.92 Å². The average molecular weight is 388 g/mol. The predicted molar refractivity (Wildman–Crippen MR) is 104 cm³/mol. The van der Waals surface area contributed by atoms with Gasteiger partial charge in [0, 0.05) is 0 Å². The molecule has 1 unspecified atom stereocenters. The molecule has 0 spiro atoms. The number of hydrogen-bond acceptors (Lipinski definition) is 7. The zero-order chi connectivity index (χ0) is 19.0. The highest BCUT2D eigenvalue weighted by atomic mass is 32.1. The Labute approximate surface area is 162 Å². The van der Waals surface area contributed by atoms with E-state index in [2.05, 4.69) is 21.9 Å². The van der Waals surface area contributed by atoms with Gasteiger partial charge in [0.25, 0.3) is 0 Å². The standard InChI is InChI=1S/C19H24N4O3S/c1-12-6-8-22(9-7-12)16(13-4-5-14(25-2)15(10-13)26-3)17-18(24)23-19(27-17)20-11-21-23/h4-5,10-12,16,24H,6-9H2,1-3H3. The first-order valence-electron chi connectivity index (χ1n) is 9.09. The Bertz CT molecular complexity index is 930. The van der Waals surface area contributed by atoms with Crippen LogP contribution in [0.4, 0.5) is 0 Å². The van der Waals surface area contributed by atoms with Crippen molar-refractivity contribution in [1.29, 1.82) is 0 Å². The van der Waals surface area contributed by atoms with Crippen molar-refractivity contribution in [3.63, 3.8) is 0 Å². The molecule has 0 amide bonds. The van der Waals surface area contributed by atoms with Crippen molar-refractivity contribution in [2.24, 2.45) is 5.92 Å². The van der Waals surface area contributed by atoms with E-state index < -0.39 is 0 Å². The van der Waals surface area contributed by atoms with E-state index in [-0.39, 0.29) is 11.9 Å². The summed E-state index contributed by atoms with van der Waals surface area (Å²) in [5.74, 6) is 2.26. The number of methoxy groups -OCH3 is 2. The van der Waals surface area contributed by atoms with Gasteiger partial charge in [0.2, 0.25) is 10.8 Å². The van der Waals surface area contributed by atoms with Crippen molar-refractivity contribution in [1.82, 2.24) is 19.5 Å². The Hall–Kier alpha value is -2.32. The second kappa shape index (κ2) is 7.36. The number of piperidine rings is 1. The van der Waals surface area contributed by atoms with E-state index in [9.17, 15) is 5.11 Å². The van der Waals surface area contributed by atoms with Crippen LogP contribution < -0.4 is 9.47 Å². The second-order valence-electron chi connectivity index (χ2n) is 6.98. The number of nitrogens with zero attached hydrogens (tertiary/aromatic N) is 4. The number of rotatable bonds is 5. The fraction of sp³-hybridized carbons (Fsp3) is 0.474. The highest BCUT2D eigenvalue weighted by Crippen LogP contribution is 2.43. The van der Waals surface area contributed by atoms with Crippen molar-refractivity contribution in [2.75, 3.05) is 27.3 Å². The van der Waals surface area contributed by atoms with Crippen LogP contribution in [-0.2, 0) is 0 Å². The van der Waals surface area contributed by atoms with Gasteiger partial charge < -0.3 is 14.6 Å². The Kier molecular flexibility index (Phi) is 4.92. The zero-order valence-electron chi connectivity index (χ0n) is 15.8. The number of hydrogen-bond donors (Lipinski definition) is 1. The number of benzene rings is 1. The molecule has 2 aromatic heterocycles. The Morgan fingerprint density at radius 1 is 1.19 bits per heavy atom. The number of thiazole rings is 1. The van der Waals surface area contributed by atoms with Crippen molar-refractivity contribution >= 4 is 16.3 Å². The first kappa shape index (κ1) is 18.1. The third kappa shape index (κ3) is 3.23. The normalized spacial score (nSPS) is 17.3. The highest BCUT2D eigenvalue weighted by molar-refractivity contribution is 7.17. The molecule has 0 radical (unpaired) electrons. The van der Waals surface area contributed by atoms with Gasteiger partial charge in [-0.1, -0.05) is 24.3 Å². The Morgan fingerprint density at radius 3 is 2.59 bits per heavy atom. The molecule has 4 rings (SSSR count). The summed E-state index contributed by atoms with van der Waals surface area (Å²) >= 11 is 1.48. The average Bonchev–Trinajstić information content (AvgIpc) is 3.27. The summed E-state index contributed by atoms with van der Waals surface area (Å²) in [6, 6.07) is 5.88. The van der Waals surface area contributed by atoms with E-state index in [1.165, 1.54) is 22.2 Å². The van der Waals surface area contributed by atoms with E-state index in [0.29, 0.717) is 16.5 Å². The monoisotopic (exact) mass is 388 g/mol. The molecule has 144 valence electrons. The largest absolute Gasteiger partial charge is 0.493 e. The van der Waals surface area contributed by atoms with Crippen LogP contribution in [-0.4, -0.2) is 51.9 Å². The fourth-order valence-electron chi connectivity index (χ4n) is 3.71. The Balaban J connectivity index is 1.81. The van der Waals surface area contributed by atoms with E-state index >= 15 is 0 Å². The smallest absolute Gasteiger partial charge is 0.230 e. The fourth-order valence-corrected chi connectivity index (χ4v) is 4.80. The third-order valence-corrected chi connectivity index (χ3v) is 6.38. The van der Waals surface area contributed by atoms with Crippen LogP contribution in [0.15, 0.2) is 24.5 Å². The van der Waals surface area contributed by atoms with E-state index in [1.54, 1.807) is 14.2 Å². The van der Waals surface area contributed by atoms with Crippen LogP contribution in [0.25, 0.3) is 4.96 Å². The maximum atomic E-state index is 10.8. The summed E-state index contributed by atoms with van der Waals surface area (Å²) in [5, 5.41) is 14.9. The number of aromatic hydroxyl groups is 1. The minimum absolute atomic E-state index is 0.0780. The van der Waals surface area contributed by atoms with Gasteiger partial charge in [-0.25, -0.2) is 4.98 Å². The lowest BCUT2D eigenvalue weighted by atomic mass is 9.95. The highest BCUT2D eigenvalue weighted by Gasteiger charge is 2.31. The van der Waals surface area contributed by atoms with Gasteiger partial charge in [-0.3, -0.25) is 4.90 Å². The molecule has 7 nitrogen and oxygen atoms in total. The summed E-state index contributed by atoms with van der Waals surface area (Å²) in [5.41, 5.74) is 1.06. The van der Waals surface area contributed by atoms with Crippen LogP contribution in [0.3, 0.4) is 0 Å². The summed E-state index contributed by atoms with van der Waals surface area (Å²) in [6.07, 6.45) is 3.75. The van der Waals surface area contributed by atoms with Crippen LogP contribution in [0.1, 0.15) is 36.2 Å². The maximum absolute atomic E-state index is 10.8. The van der Waals surface area contributed by atoms with E-state index in [0.717, 1.165) is 42.3 Å². The van der Waals surface area contributed by atoms with Gasteiger partial charge in [-0.2, -0.15) is 9.61 Å². The quantitative estimate of drug-likeness (QED) is 0.723. The van der Waals surface area contributed by atoms with Crippen molar-refractivity contribution in [3.8, 4) is 17.4 Å². The van der Waals surface area contributed by atoms with Crippen LogP contribution in [0.2, 0.25) is 0 Å². The molecule has 3 aromatic rings. The van der Waals surface area contributed by atoms with E-state index in [4.69, 9.17) is 9.47 Å². The number of aromatic nitrogens is 3. The van der Waals surface area contributed by atoms with Crippen molar-refractivity contribution in [2.45, 2.75) is 25.8 Å². The first-order valence-corrected chi connectivity index (χ1v) is 9.91.